The average molecular weight is 357 g/mol. The lowest BCUT2D eigenvalue weighted by atomic mass is 9.74. The molecule has 3 aliphatic heterocycles. The fourth-order valence-corrected chi connectivity index (χ4v) is 4.02. The summed E-state index contributed by atoms with van der Waals surface area (Å²) >= 11 is 0. The van der Waals surface area contributed by atoms with Crippen LogP contribution in [0.4, 0.5) is 5.69 Å². The number of carbonyl (C=O) groups excluding carboxylic acids is 3. The van der Waals surface area contributed by atoms with Gasteiger partial charge < -0.3 is 15.0 Å². The first kappa shape index (κ1) is 17.0. The lowest BCUT2D eigenvalue weighted by Gasteiger charge is -2.57. The molecule has 0 aliphatic carbocycles. The molecule has 1 aromatic carbocycles. The molecule has 138 valence electrons. The van der Waals surface area contributed by atoms with E-state index >= 15 is 0 Å². The highest BCUT2D eigenvalue weighted by atomic mass is 16.5. The molecule has 2 N–H and O–H groups in total. The van der Waals surface area contributed by atoms with Crippen LogP contribution in [0.5, 0.6) is 5.75 Å². The first-order chi connectivity index (χ1) is 12.5. The zero-order chi connectivity index (χ0) is 18.3. The molecule has 1 spiro atoms. The summed E-state index contributed by atoms with van der Waals surface area (Å²) in [7, 11) is 1.55. The van der Waals surface area contributed by atoms with Crippen LogP contribution in [-0.4, -0.2) is 50.9 Å². The number of ketones is 1. The fourth-order valence-electron chi connectivity index (χ4n) is 4.02. The van der Waals surface area contributed by atoms with Gasteiger partial charge in [-0.1, -0.05) is 0 Å². The smallest absolute Gasteiger partial charge is 0.230 e. The van der Waals surface area contributed by atoms with Gasteiger partial charge in [0.1, 0.15) is 5.75 Å². The van der Waals surface area contributed by atoms with Crippen molar-refractivity contribution in [3.05, 3.63) is 23.8 Å². The van der Waals surface area contributed by atoms with Crippen molar-refractivity contribution >= 4 is 23.3 Å². The minimum absolute atomic E-state index is 0.0906. The van der Waals surface area contributed by atoms with Crippen LogP contribution in [0.1, 0.15) is 29.6 Å². The van der Waals surface area contributed by atoms with Crippen molar-refractivity contribution in [2.75, 3.05) is 38.2 Å². The van der Waals surface area contributed by atoms with Gasteiger partial charge in [-0.25, -0.2) is 0 Å². The molecule has 3 fully saturated rings. The number of hydrogen-bond acceptors (Lipinski definition) is 6. The number of rotatable bonds is 5. The molecule has 0 aromatic heterocycles. The van der Waals surface area contributed by atoms with E-state index in [0.717, 1.165) is 31.9 Å². The second-order valence-corrected chi connectivity index (χ2v) is 7.62. The van der Waals surface area contributed by atoms with E-state index in [-0.39, 0.29) is 30.4 Å². The summed E-state index contributed by atoms with van der Waals surface area (Å²) in [6.07, 6.45) is 0.791. The van der Waals surface area contributed by atoms with E-state index in [1.807, 2.05) is 12.1 Å². The summed E-state index contributed by atoms with van der Waals surface area (Å²) < 4.78 is 5.44. The Morgan fingerprint density at radius 1 is 1.31 bits per heavy atom. The minimum Gasteiger partial charge on any atom is -0.496 e. The molecule has 0 radical (unpaired) electrons. The number of nitrogens with zero attached hydrogens (tertiary/aromatic N) is 1. The van der Waals surface area contributed by atoms with Gasteiger partial charge in [-0.2, -0.15) is 0 Å². The number of Topliss-reactive ketones (excluding diaryl/α,β-unsaturated/α-hetero) is 1. The zero-order valence-electron chi connectivity index (χ0n) is 14.8. The Kier molecular flexibility index (Phi) is 4.19. The Hall–Kier alpha value is -2.41. The molecule has 7 nitrogen and oxygen atoms in total. The quantitative estimate of drug-likeness (QED) is 0.597. The number of anilines is 1. The van der Waals surface area contributed by atoms with Crippen molar-refractivity contribution in [1.82, 2.24) is 10.6 Å². The largest absolute Gasteiger partial charge is 0.496 e. The number of amides is 2. The lowest BCUT2D eigenvalue weighted by molar-refractivity contribution is -0.136. The van der Waals surface area contributed by atoms with E-state index in [4.69, 9.17) is 4.74 Å². The van der Waals surface area contributed by atoms with Gasteiger partial charge in [0.25, 0.3) is 0 Å². The summed E-state index contributed by atoms with van der Waals surface area (Å²) in [5, 5.41) is 5.62. The molecule has 2 amide bonds. The average Bonchev–Trinajstić information content (AvgIpc) is 2.54. The Labute approximate surface area is 152 Å². The van der Waals surface area contributed by atoms with Crippen molar-refractivity contribution in [3.8, 4) is 5.75 Å². The van der Waals surface area contributed by atoms with Gasteiger partial charge in [0.2, 0.25) is 11.8 Å². The molecule has 26 heavy (non-hydrogen) atoms. The highest BCUT2D eigenvalue weighted by molar-refractivity contribution is 6.04. The molecular formula is C19H23N3O4. The second-order valence-electron chi connectivity index (χ2n) is 7.62. The van der Waals surface area contributed by atoms with Crippen molar-refractivity contribution < 1.29 is 19.1 Å². The standard InChI is InChI=1S/C19H23N3O4/c1-26-16-7-13(22-10-19(11-22)8-20-9-19)3-4-14(16)15(23)6-12-2-5-17(24)21-18(12)25/h3-4,7,12,20H,2,5-6,8-11H2,1H3,(H,21,24,25). The maximum Gasteiger partial charge on any atom is 0.230 e. The van der Waals surface area contributed by atoms with E-state index in [0.29, 0.717) is 23.1 Å². The number of carbonyl (C=O) groups is 3. The van der Waals surface area contributed by atoms with Crippen LogP contribution in [0.15, 0.2) is 18.2 Å². The highest BCUT2D eigenvalue weighted by Crippen LogP contribution is 2.39. The Balaban J connectivity index is 1.45. The summed E-state index contributed by atoms with van der Waals surface area (Å²) in [6, 6.07) is 5.63. The van der Waals surface area contributed by atoms with E-state index in [2.05, 4.69) is 15.5 Å². The molecule has 3 aliphatic rings. The van der Waals surface area contributed by atoms with Crippen LogP contribution in [0, 0.1) is 11.3 Å². The molecule has 3 heterocycles. The number of methoxy groups -OCH3 is 1. The SMILES string of the molecule is COc1cc(N2CC3(CNC3)C2)ccc1C(=O)CC1CCC(=O)NC1=O. The first-order valence-electron chi connectivity index (χ1n) is 9.00. The van der Waals surface area contributed by atoms with Crippen molar-refractivity contribution in [1.29, 1.82) is 0 Å². The minimum atomic E-state index is -0.453. The van der Waals surface area contributed by atoms with Crippen molar-refractivity contribution in [2.24, 2.45) is 11.3 Å². The van der Waals surface area contributed by atoms with Crippen LogP contribution < -0.4 is 20.3 Å². The van der Waals surface area contributed by atoms with Gasteiger partial charge in [-0.3, -0.25) is 19.7 Å². The predicted octanol–water partition coefficient (Wildman–Crippen LogP) is 0.730. The molecule has 0 bridgehead atoms. The van der Waals surface area contributed by atoms with Gasteiger partial charge in [0.15, 0.2) is 5.78 Å². The van der Waals surface area contributed by atoms with Crippen molar-refractivity contribution in [2.45, 2.75) is 19.3 Å². The third kappa shape index (κ3) is 2.96. The van der Waals surface area contributed by atoms with E-state index in [1.54, 1.807) is 13.2 Å². The van der Waals surface area contributed by atoms with Crippen LogP contribution >= 0.6 is 0 Å². The number of piperidine rings is 1. The van der Waals surface area contributed by atoms with Gasteiger partial charge in [-0.05, 0) is 18.6 Å². The number of ether oxygens (including phenoxy) is 1. The maximum atomic E-state index is 12.7. The molecule has 0 saturated carbocycles. The number of imide groups is 1. The monoisotopic (exact) mass is 357 g/mol. The first-order valence-corrected chi connectivity index (χ1v) is 9.00. The number of hydrogen-bond donors (Lipinski definition) is 2. The summed E-state index contributed by atoms with van der Waals surface area (Å²) in [5.74, 6) is -0.677. The van der Waals surface area contributed by atoms with E-state index < -0.39 is 5.92 Å². The van der Waals surface area contributed by atoms with Gasteiger partial charge in [0, 0.05) is 62.1 Å². The fraction of sp³-hybridized carbons (Fsp3) is 0.526. The molecule has 7 heteroatoms. The highest BCUT2D eigenvalue weighted by Gasteiger charge is 2.47. The lowest BCUT2D eigenvalue weighted by Crippen LogP contribution is -2.71. The van der Waals surface area contributed by atoms with Gasteiger partial charge in [-0.15, -0.1) is 0 Å². The topological polar surface area (TPSA) is 87.7 Å². The van der Waals surface area contributed by atoms with Crippen LogP contribution in [0.2, 0.25) is 0 Å². The maximum absolute atomic E-state index is 12.7. The molecule has 1 unspecified atom stereocenters. The summed E-state index contributed by atoms with van der Waals surface area (Å²) in [4.78, 5) is 38.1. The predicted molar refractivity (Wildman–Crippen MR) is 95.3 cm³/mol. The Bertz CT molecular complexity index is 764. The van der Waals surface area contributed by atoms with Gasteiger partial charge >= 0.3 is 0 Å². The number of benzene rings is 1. The molecular weight excluding hydrogens is 334 g/mol. The molecule has 4 rings (SSSR count). The third-order valence-electron chi connectivity index (χ3n) is 5.69. The Morgan fingerprint density at radius 2 is 2.08 bits per heavy atom. The Morgan fingerprint density at radius 3 is 2.69 bits per heavy atom. The molecule has 1 atom stereocenters. The van der Waals surface area contributed by atoms with Crippen molar-refractivity contribution in [3.63, 3.8) is 0 Å². The van der Waals surface area contributed by atoms with E-state index in [9.17, 15) is 14.4 Å². The number of nitrogens with one attached hydrogen (secondary N) is 2. The van der Waals surface area contributed by atoms with Crippen LogP contribution in [0.3, 0.4) is 0 Å². The van der Waals surface area contributed by atoms with Crippen LogP contribution in [-0.2, 0) is 9.59 Å². The normalized spacial score (nSPS) is 23.9. The summed E-state index contributed by atoms with van der Waals surface area (Å²) in [6.45, 7) is 4.19. The molecule has 1 aromatic rings. The zero-order valence-corrected chi connectivity index (χ0v) is 14.8. The summed E-state index contributed by atoms with van der Waals surface area (Å²) in [5.41, 5.74) is 1.96. The van der Waals surface area contributed by atoms with Crippen LogP contribution in [0.25, 0.3) is 0 Å². The van der Waals surface area contributed by atoms with Gasteiger partial charge in [0.05, 0.1) is 12.7 Å². The molecule has 3 saturated heterocycles. The van der Waals surface area contributed by atoms with E-state index in [1.165, 1.54) is 0 Å². The third-order valence-corrected chi connectivity index (χ3v) is 5.69. The second kappa shape index (κ2) is 6.39.